The van der Waals surface area contributed by atoms with Gasteiger partial charge in [0, 0.05) is 25.2 Å². The van der Waals surface area contributed by atoms with Crippen LogP contribution in [-0.2, 0) is 0 Å². The number of likely N-dealkylation sites (tertiary alicyclic amines) is 1. The van der Waals surface area contributed by atoms with Crippen molar-refractivity contribution in [1.29, 1.82) is 0 Å². The molecule has 1 fully saturated rings. The Labute approximate surface area is 95.4 Å². The summed E-state index contributed by atoms with van der Waals surface area (Å²) < 4.78 is 0. The fourth-order valence-electron chi connectivity index (χ4n) is 2.39. The maximum Gasteiger partial charge on any atom is 0.0110 e. The van der Waals surface area contributed by atoms with Gasteiger partial charge in [-0.1, -0.05) is 13.8 Å². The van der Waals surface area contributed by atoms with Crippen molar-refractivity contribution in [3.05, 3.63) is 0 Å². The number of piperidine rings is 1. The molecule has 1 rings (SSSR count). The molecule has 1 heterocycles. The molecule has 0 aromatic rings. The highest BCUT2D eigenvalue weighted by molar-refractivity contribution is 4.77. The predicted molar refractivity (Wildman–Crippen MR) is 67.2 cm³/mol. The van der Waals surface area contributed by atoms with Gasteiger partial charge in [0.1, 0.15) is 0 Å². The largest absolute Gasteiger partial charge is 0.313 e. The minimum atomic E-state index is 0.670. The molecule has 0 bridgehead atoms. The summed E-state index contributed by atoms with van der Waals surface area (Å²) in [6, 6.07) is 1.46. The van der Waals surface area contributed by atoms with Crippen LogP contribution in [0.4, 0.5) is 0 Å². The Kier molecular flexibility index (Phi) is 5.62. The Hall–Kier alpha value is -0.0800. The highest BCUT2D eigenvalue weighted by Gasteiger charge is 2.21. The topological polar surface area (TPSA) is 15.3 Å². The first-order chi connectivity index (χ1) is 7.13. The second kappa shape index (κ2) is 6.49. The lowest BCUT2D eigenvalue weighted by atomic mass is 9.93. The van der Waals surface area contributed by atoms with Crippen LogP contribution in [0.2, 0.25) is 0 Å². The third-order valence-electron chi connectivity index (χ3n) is 3.78. The van der Waals surface area contributed by atoms with Gasteiger partial charge in [0.05, 0.1) is 0 Å². The van der Waals surface area contributed by atoms with Crippen molar-refractivity contribution in [2.75, 3.05) is 19.6 Å². The van der Waals surface area contributed by atoms with E-state index in [1.165, 1.54) is 32.4 Å². The fourth-order valence-corrected chi connectivity index (χ4v) is 2.39. The zero-order valence-electron chi connectivity index (χ0n) is 10.9. The zero-order chi connectivity index (χ0) is 11.3. The molecular weight excluding hydrogens is 184 g/mol. The third-order valence-corrected chi connectivity index (χ3v) is 3.78. The van der Waals surface area contributed by atoms with Gasteiger partial charge in [0.15, 0.2) is 0 Å². The highest BCUT2D eigenvalue weighted by Crippen LogP contribution is 2.21. The van der Waals surface area contributed by atoms with Gasteiger partial charge in [-0.2, -0.15) is 0 Å². The van der Waals surface area contributed by atoms with E-state index in [2.05, 4.69) is 37.9 Å². The van der Waals surface area contributed by atoms with E-state index in [0.29, 0.717) is 6.04 Å². The molecule has 1 saturated heterocycles. The number of hydrogen-bond donors (Lipinski definition) is 1. The van der Waals surface area contributed by atoms with Crippen molar-refractivity contribution in [2.24, 2.45) is 5.92 Å². The molecule has 0 aliphatic carbocycles. The summed E-state index contributed by atoms with van der Waals surface area (Å²) in [5, 5.41) is 3.57. The van der Waals surface area contributed by atoms with Gasteiger partial charge >= 0.3 is 0 Å². The highest BCUT2D eigenvalue weighted by atomic mass is 15.2. The molecule has 0 aromatic carbocycles. The normalized spacial score (nSPS) is 30.4. The van der Waals surface area contributed by atoms with Crippen LogP contribution in [0.3, 0.4) is 0 Å². The average molecular weight is 212 g/mol. The molecule has 0 amide bonds. The lowest BCUT2D eigenvalue weighted by Gasteiger charge is -2.36. The SMILES string of the molecule is CCC(C)NCCN1CCC(C)CC1C. The van der Waals surface area contributed by atoms with Crippen molar-refractivity contribution in [3.8, 4) is 0 Å². The second-order valence-electron chi connectivity index (χ2n) is 5.28. The van der Waals surface area contributed by atoms with Crippen LogP contribution < -0.4 is 5.32 Å². The minimum Gasteiger partial charge on any atom is -0.313 e. The Morgan fingerprint density at radius 1 is 1.40 bits per heavy atom. The summed E-state index contributed by atoms with van der Waals surface area (Å²) in [5.41, 5.74) is 0. The monoisotopic (exact) mass is 212 g/mol. The van der Waals surface area contributed by atoms with Gasteiger partial charge in [0.25, 0.3) is 0 Å². The van der Waals surface area contributed by atoms with Crippen molar-refractivity contribution >= 4 is 0 Å². The molecule has 2 nitrogen and oxygen atoms in total. The molecule has 3 atom stereocenters. The quantitative estimate of drug-likeness (QED) is 0.753. The summed E-state index contributed by atoms with van der Waals surface area (Å²) in [6.45, 7) is 12.9. The van der Waals surface area contributed by atoms with E-state index in [9.17, 15) is 0 Å². The van der Waals surface area contributed by atoms with E-state index in [-0.39, 0.29) is 0 Å². The van der Waals surface area contributed by atoms with Crippen molar-refractivity contribution in [3.63, 3.8) is 0 Å². The van der Waals surface area contributed by atoms with E-state index in [0.717, 1.165) is 18.5 Å². The summed E-state index contributed by atoms with van der Waals surface area (Å²) in [7, 11) is 0. The van der Waals surface area contributed by atoms with Gasteiger partial charge in [0.2, 0.25) is 0 Å². The first kappa shape index (κ1) is 13.0. The molecule has 0 radical (unpaired) electrons. The summed E-state index contributed by atoms with van der Waals surface area (Å²) in [6.07, 6.45) is 3.99. The Morgan fingerprint density at radius 2 is 2.13 bits per heavy atom. The smallest absolute Gasteiger partial charge is 0.0110 e. The Bertz CT molecular complexity index is 170. The van der Waals surface area contributed by atoms with Crippen LogP contribution in [0.5, 0.6) is 0 Å². The van der Waals surface area contributed by atoms with Crippen molar-refractivity contribution in [2.45, 2.75) is 59.0 Å². The van der Waals surface area contributed by atoms with E-state index in [1.54, 1.807) is 0 Å². The van der Waals surface area contributed by atoms with Crippen LogP contribution in [0, 0.1) is 5.92 Å². The van der Waals surface area contributed by atoms with E-state index >= 15 is 0 Å². The summed E-state index contributed by atoms with van der Waals surface area (Å²) >= 11 is 0. The fraction of sp³-hybridized carbons (Fsp3) is 1.00. The average Bonchev–Trinajstić information content (AvgIpc) is 2.21. The second-order valence-corrected chi connectivity index (χ2v) is 5.28. The van der Waals surface area contributed by atoms with Crippen LogP contribution >= 0.6 is 0 Å². The molecule has 2 heteroatoms. The van der Waals surface area contributed by atoms with Gasteiger partial charge in [-0.3, -0.25) is 4.90 Å². The number of nitrogens with one attached hydrogen (secondary N) is 1. The standard InChI is InChI=1S/C13H28N2/c1-5-12(3)14-7-9-15-8-6-11(2)10-13(15)4/h11-14H,5-10H2,1-4H3. The molecule has 15 heavy (non-hydrogen) atoms. The van der Waals surface area contributed by atoms with Crippen LogP contribution in [0.1, 0.15) is 47.0 Å². The first-order valence-electron chi connectivity index (χ1n) is 6.61. The molecule has 0 saturated carbocycles. The maximum atomic E-state index is 3.57. The van der Waals surface area contributed by atoms with Crippen LogP contribution in [-0.4, -0.2) is 36.6 Å². The van der Waals surface area contributed by atoms with E-state index < -0.39 is 0 Å². The van der Waals surface area contributed by atoms with Crippen LogP contribution in [0.25, 0.3) is 0 Å². The van der Waals surface area contributed by atoms with Gasteiger partial charge in [-0.15, -0.1) is 0 Å². The lowest BCUT2D eigenvalue weighted by molar-refractivity contribution is 0.129. The molecule has 90 valence electrons. The molecule has 1 aliphatic rings. The predicted octanol–water partition coefficient (Wildman–Crippen LogP) is 2.49. The van der Waals surface area contributed by atoms with Crippen LogP contribution in [0.15, 0.2) is 0 Å². The van der Waals surface area contributed by atoms with Gasteiger partial charge in [-0.25, -0.2) is 0 Å². The summed E-state index contributed by atoms with van der Waals surface area (Å²) in [4.78, 5) is 2.63. The molecular formula is C13H28N2. The van der Waals surface area contributed by atoms with Gasteiger partial charge < -0.3 is 5.32 Å². The third kappa shape index (κ3) is 4.52. The van der Waals surface area contributed by atoms with Gasteiger partial charge in [-0.05, 0) is 45.6 Å². The molecule has 1 N–H and O–H groups in total. The molecule has 0 spiro atoms. The number of nitrogens with zero attached hydrogens (tertiary/aromatic N) is 1. The summed E-state index contributed by atoms with van der Waals surface area (Å²) in [5.74, 6) is 0.929. The molecule has 0 aromatic heterocycles. The molecule has 1 aliphatic heterocycles. The minimum absolute atomic E-state index is 0.670. The Morgan fingerprint density at radius 3 is 2.73 bits per heavy atom. The van der Waals surface area contributed by atoms with E-state index in [4.69, 9.17) is 0 Å². The lowest BCUT2D eigenvalue weighted by Crippen LogP contribution is -2.44. The number of hydrogen-bond acceptors (Lipinski definition) is 2. The Balaban J connectivity index is 2.15. The first-order valence-corrected chi connectivity index (χ1v) is 6.61. The zero-order valence-corrected chi connectivity index (χ0v) is 10.9. The molecule has 3 unspecified atom stereocenters. The van der Waals surface area contributed by atoms with Crippen molar-refractivity contribution in [1.82, 2.24) is 10.2 Å². The number of rotatable bonds is 5. The van der Waals surface area contributed by atoms with Crippen molar-refractivity contribution < 1.29 is 0 Å². The maximum absolute atomic E-state index is 3.57. The van der Waals surface area contributed by atoms with E-state index in [1.807, 2.05) is 0 Å².